The van der Waals surface area contributed by atoms with Crippen LogP contribution in [-0.4, -0.2) is 56.0 Å². The summed E-state index contributed by atoms with van der Waals surface area (Å²) in [6.07, 6.45) is 11.7. The summed E-state index contributed by atoms with van der Waals surface area (Å²) >= 11 is 0. The van der Waals surface area contributed by atoms with Crippen molar-refractivity contribution in [2.75, 3.05) is 6.61 Å². The van der Waals surface area contributed by atoms with Gasteiger partial charge in [0.2, 0.25) is 5.91 Å². The molecule has 162 valence electrons. The van der Waals surface area contributed by atoms with Crippen LogP contribution >= 0.6 is 0 Å². The number of ether oxygens (including phenoxy) is 1. The molecule has 1 saturated heterocycles. The zero-order valence-corrected chi connectivity index (χ0v) is 17.1. The summed E-state index contributed by atoms with van der Waals surface area (Å²) in [6.45, 7) is 0.567. The van der Waals surface area contributed by atoms with Gasteiger partial charge in [0.1, 0.15) is 17.4 Å². The van der Waals surface area contributed by atoms with Gasteiger partial charge in [-0.15, -0.1) is 5.10 Å². The summed E-state index contributed by atoms with van der Waals surface area (Å²) in [5.74, 6) is 0.247. The minimum Gasteiger partial charge on any atom is -0.394 e. The molecule has 8 nitrogen and oxygen atoms in total. The Morgan fingerprint density at radius 2 is 1.97 bits per heavy atom. The van der Waals surface area contributed by atoms with Crippen molar-refractivity contribution in [2.45, 2.75) is 101 Å². The van der Waals surface area contributed by atoms with Gasteiger partial charge in [-0.25, -0.2) is 0 Å². The summed E-state index contributed by atoms with van der Waals surface area (Å²) < 4.78 is 7.86. The molecule has 1 aromatic heterocycles. The van der Waals surface area contributed by atoms with Crippen LogP contribution < -0.4 is 5.32 Å². The van der Waals surface area contributed by atoms with Crippen molar-refractivity contribution < 1.29 is 19.7 Å². The van der Waals surface area contributed by atoms with Crippen molar-refractivity contribution >= 4 is 5.91 Å². The standard InChI is InChI=1S/C21H34N4O4/c26-14-18-17(22-20(27)15-5-1-2-6-15)8-7-16(29-18)9-12-25-13-19(23-24-25)21(28)10-3-4-11-21/h13,15-18,26,28H,1-12,14H2,(H,22,27)/t16-,17+,18+/m0/s1. The van der Waals surface area contributed by atoms with E-state index in [4.69, 9.17) is 4.74 Å². The number of carbonyl (C=O) groups excluding carboxylic acids is 1. The first-order valence-electron chi connectivity index (χ1n) is 11.3. The second kappa shape index (κ2) is 9.10. The van der Waals surface area contributed by atoms with Crippen LogP contribution in [-0.2, 0) is 21.7 Å². The maximum Gasteiger partial charge on any atom is 0.223 e. The molecule has 8 heteroatoms. The normalized spacial score (nSPS) is 29.9. The van der Waals surface area contributed by atoms with Crippen molar-refractivity contribution in [3.63, 3.8) is 0 Å². The van der Waals surface area contributed by atoms with Gasteiger partial charge in [0.25, 0.3) is 0 Å². The lowest BCUT2D eigenvalue weighted by Crippen LogP contribution is -2.52. The van der Waals surface area contributed by atoms with Crippen LogP contribution in [0.5, 0.6) is 0 Å². The lowest BCUT2D eigenvalue weighted by atomic mass is 9.96. The minimum atomic E-state index is -0.813. The molecular formula is C21H34N4O4. The van der Waals surface area contributed by atoms with E-state index in [2.05, 4.69) is 15.6 Å². The molecule has 0 radical (unpaired) electrons. The average Bonchev–Trinajstić information content (AvgIpc) is 3.49. The van der Waals surface area contributed by atoms with Crippen LogP contribution in [0.2, 0.25) is 0 Å². The van der Waals surface area contributed by atoms with Crippen LogP contribution in [0.25, 0.3) is 0 Å². The fourth-order valence-electron chi connectivity index (χ4n) is 5.11. The maximum atomic E-state index is 12.4. The smallest absolute Gasteiger partial charge is 0.223 e. The molecule has 4 rings (SSSR count). The SMILES string of the molecule is O=C(N[C@@H]1CC[C@@H](CCn2cc(C3(O)CCCC3)nn2)O[C@@H]1CO)C1CCCC1. The molecule has 1 aromatic rings. The van der Waals surface area contributed by atoms with E-state index in [1.165, 1.54) is 0 Å². The molecule has 0 unspecified atom stereocenters. The lowest BCUT2D eigenvalue weighted by molar-refractivity contribution is -0.132. The molecule has 2 saturated carbocycles. The number of carbonyl (C=O) groups is 1. The fraction of sp³-hybridized carbons (Fsp3) is 0.857. The molecule has 1 aliphatic heterocycles. The Balaban J connectivity index is 1.26. The monoisotopic (exact) mass is 406 g/mol. The van der Waals surface area contributed by atoms with E-state index in [1.54, 1.807) is 4.68 Å². The Bertz CT molecular complexity index is 682. The van der Waals surface area contributed by atoms with E-state index >= 15 is 0 Å². The van der Waals surface area contributed by atoms with Gasteiger partial charge < -0.3 is 20.3 Å². The second-order valence-electron chi connectivity index (χ2n) is 9.05. The van der Waals surface area contributed by atoms with E-state index < -0.39 is 5.60 Å². The second-order valence-corrected chi connectivity index (χ2v) is 9.05. The van der Waals surface area contributed by atoms with E-state index in [-0.39, 0.29) is 36.7 Å². The minimum absolute atomic E-state index is 0.0222. The topological polar surface area (TPSA) is 110 Å². The van der Waals surface area contributed by atoms with E-state index in [0.29, 0.717) is 12.2 Å². The molecule has 3 aliphatic rings. The van der Waals surface area contributed by atoms with E-state index in [1.807, 2.05) is 6.20 Å². The van der Waals surface area contributed by atoms with Crippen LogP contribution in [0.3, 0.4) is 0 Å². The highest BCUT2D eigenvalue weighted by Crippen LogP contribution is 2.37. The summed E-state index contributed by atoms with van der Waals surface area (Å²) in [5.41, 5.74) is -0.144. The van der Waals surface area contributed by atoms with Gasteiger partial charge in [0.15, 0.2) is 0 Å². The van der Waals surface area contributed by atoms with Crippen molar-refractivity contribution in [3.8, 4) is 0 Å². The van der Waals surface area contributed by atoms with Gasteiger partial charge in [0, 0.05) is 12.5 Å². The van der Waals surface area contributed by atoms with E-state index in [0.717, 1.165) is 70.6 Å². The number of aryl methyl sites for hydroxylation is 1. The number of aliphatic hydroxyl groups excluding tert-OH is 1. The number of hydrogen-bond acceptors (Lipinski definition) is 6. The van der Waals surface area contributed by atoms with Crippen LogP contribution in [0.4, 0.5) is 0 Å². The molecule has 0 aromatic carbocycles. The summed E-state index contributed by atoms with van der Waals surface area (Å²) in [6, 6.07) is -0.112. The molecule has 1 amide bonds. The highest BCUT2D eigenvalue weighted by molar-refractivity contribution is 5.79. The third-order valence-electron chi connectivity index (χ3n) is 6.98. The molecule has 0 bridgehead atoms. The summed E-state index contributed by atoms with van der Waals surface area (Å²) in [5, 5.41) is 31.9. The van der Waals surface area contributed by atoms with E-state index in [9.17, 15) is 15.0 Å². The molecule has 3 atom stereocenters. The summed E-state index contributed by atoms with van der Waals surface area (Å²) in [4.78, 5) is 12.4. The van der Waals surface area contributed by atoms with Crippen molar-refractivity contribution in [2.24, 2.45) is 5.92 Å². The molecule has 0 spiro atoms. The number of rotatable bonds is 7. The van der Waals surface area contributed by atoms with Gasteiger partial charge in [-0.05, 0) is 44.9 Å². The lowest BCUT2D eigenvalue weighted by Gasteiger charge is -2.36. The molecular weight excluding hydrogens is 372 g/mol. The number of aliphatic hydroxyl groups is 2. The quantitative estimate of drug-likeness (QED) is 0.635. The highest BCUT2D eigenvalue weighted by atomic mass is 16.5. The molecule has 29 heavy (non-hydrogen) atoms. The first-order valence-corrected chi connectivity index (χ1v) is 11.3. The molecule has 2 aliphatic carbocycles. The maximum absolute atomic E-state index is 12.4. The Hall–Kier alpha value is -1.51. The number of nitrogens with one attached hydrogen (secondary N) is 1. The highest BCUT2D eigenvalue weighted by Gasteiger charge is 2.36. The zero-order chi connectivity index (χ0) is 20.3. The Kier molecular flexibility index (Phi) is 6.51. The molecule has 3 N–H and O–H groups in total. The average molecular weight is 407 g/mol. The molecule has 2 heterocycles. The third kappa shape index (κ3) is 4.81. The van der Waals surface area contributed by atoms with Crippen molar-refractivity contribution in [3.05, 3.63) is 11.9 Å². The Morgan fingerprint density at radius 1 is 1.21 bits per heavy atom. The molecule has 3 fully saturated rings. The fourth-order valence-corrected chi connectivity index (χ4v) is 5.11. The first kappa shape index (κ1) is 20.8. The zero-order valence-electron chi connectivity index (χ0n) is 17.1. The van der Waals surface area contributed by atoms with Gasteiger partial charge in [-0.2, -0.15) is 0 Å². The number of hydrogen-bond donors (Lipinski definition) is 3. The Labute approximate surface area is 172 Å². The van der Waals surface area contributed by atoms with Gasteiger partial charge in [-0.3, -0.25) is 9.48 Å². The van der Waals surface area contributed by atoms with Crippen LogP contribution in [0, 0.1) is 5.92 Å². The predicted molar refractivity (Wildman–Crippen MR) is 106 cm³/mol. The van der Waals surface area contributed by atoms with Crippen molar-refractivity contribution in [1.82, 2.24) is 20.3 Å². The predicted octanol–water partition coefficient (Wildman–Crippen LogP) is 1.64. The largest absolute Gasteiger partial charge is 0.394 e. The van der Waals surface area contributed by atoms with Gasteiger partial charge in [-0.1, -0.05) is 30.9 Å². The van der Waals surface area contributed by atoms with Crippen molar-refractivity contribution in [1.29, 1.82) is 0 Å². The first-order chi connectivity index (χ1) is 14.1. The Morgan fingerprint density at radius 3 is 2.69 bits per heavy atom. The van der Waals surface area contributed by atoms with Crippen LogP contribution in [0.15, 0.2) is 6.20 Å². The van der Waals surface area contributed by atoms with Gasteiger partial charge >= 0.3 is 0 Å². The number of aromatic nitrogens is 3. The third-order valence-corrected chi connectivity index (χ3v) is 6.98. The van der Waals surface area contributed by atoms with Gasteiger partial charge in [0.05, 0.1) is 24.9 Å². The number of nitrogens with zero attached hydrogens (tertiary/aromatic N) is 3. The van der Waals surface area contributed by atoms with Crippen LogP contribution in [0.1, 0.15) is 76.3 Å². The summed E-state index contributed by atoms with van der Waals surface area (Å²) in [7, 11) is 0. The number of amides is 1.